The van der Waals surface area contributed by atoms with E-state index in [1.807, 2.05) is 12.1 Å². The molecule has 6 rings (SSSR count). The molecule has 1 N–H and O–H groups in total. The second kappa shape index (κ2) is 6.34. The third kappa shape index (κ3) is 2.44. The standard InChI is InChI=1S/C26H25NO/c1-3-17-12-14-18(15-13-17)27-25(28)26(2)16-23-19-8-4-6-10-21(19)24(26)22-11-7-5-9-20(22)23/h4-15,23-24H,3,16H2,1-2H3,(H,27,28)/t23?,24?,26-/m0/s1. The molecule has 0 saturated carbocycles. The van der Waals surface area contributed by atoms with E-state index in [0.29, 0.717) is 0 Å². The first-order valence-electron chi connectivity index (χ1n) is 10.2. The number of benzene rings is 3. The minimum atomic E-state index is -0.462. The Bertz CT molecular complexity index is 1000. The van der Waals surface area contributed by atoms with E-state index in [1.54, 1.807) is 0 Å². The first-order chi connectivity index (χ1) is 13.6. The van der Waals surface area contributed by atoms with Crippen LogP contribution < -0.4 is 5.32 Å². The van der Waals surface area contributed by atoms with Crippen LogP contribution in [0, 0.1) is 5.41 Å². The number of nitrogens with one attached hydrogen (secondary N) is 1. The molecule has 3 aliphatic carbocycles. The summed E-state index contributed by atoms with van der Waals surface area (Å²) in [6, 6.07) is 25.6. The zero-order valence-corrected chi connectivity index (χ0v) is 16.4. The summed E-state index contributed by atoms with van der Waals surface area (Å²) in [6.45, 7) is 4.29. The Labute approximate surface area is 166 Å². The van der Waals surface area contributed by atoms with Gasteiger partial charge >= 0.3 is 0 Å². The van der Waals surface area contributed by atoms with Crippen molar-refractivity contribution in [3.63, 3.8) is 0 Å². The summed E-state index contributed by atoms with van der Waals surface area (Å²) < 4.78 is 0. The number of carbonyl (C=O) groups excluding carboxylic acids is 1. The number of aryl methyl sites for hydroxylation is 1. The average Bonchev–Trinajstić information content (AvgIpc) is 2.74. The molecule has 2 nitrogen and oxygen atoms in total. The Morgan fingerprint density at radius 1 is 0.893 bits per heavy atom. The van der Waals surface area contributed by atoms with E-state index in [9.17, 15) is 4.79 Å². The van der Waals surface area contributed by atoms with Crippen molar-refractivity contribution in [3.05, 3.63) is 101 Å². The molecule has 0 radical (unpaired) electrons. The van der Waals surface area contributed by atoms with Crippen LogP contribution in [-0.4, -0.2) is 5.91 Å². The molecule has 3 aromatic carbocycles. The fraction of sp³-hybridized carbons (Fsp3) is 0.269. The number of hydrogen-bond donors (Lipinski definition) is 1. The topological polar surface area (TPSA) is 29.1 Å². The second-order valence-electron chi connectivity index (χ2n) is 8.37. The Morgan fingerprint density at radius 3 is 1.96 bits per heavy atom. The first-order valence-corrected chi connectivity index (χ1v) is 10.2. The van der Waals surface area contributed by atoms with Crippen molar-refractivity contribution in [3.8, 4) is 0 Å². The summed E-state index contributed by atoms with van der Waals surface area (Å²) >= 11 is 0. The molecule has 140 valence electrons. The third-order valence-electron chi connectivity index (χ3n) is 6.77. The number of fused-ring (bicyclic) bond motifs is 1. The number of carbonyl (C=O) groups is 1. The molecule has 28 heavy (non-hydrogen) atoms. The van der Waals surface area contributed by atoms with Crippen molar-refractivity contribution < 1.29 is 4.79 Å². The van der Waals surface area contributed by atoms with Gasteiger partial charge in [0.2, 0.25) is 5.91 Å². The SMILES string of the molecule is CCc1ccc(NC(=O)[C@@]2(C)CC3c4ccccc4C2c2ccccc23)cc1. The lowest BCUT2D eigenvalue weighted by Gasteiger charge is -2.50. The fourth-order valence-corrected chi connectivity index (χ4v) is 5.29. The molecule has 2 bridgehead atoms. The zero-order chi connectivity index (χ0) is 19.3. The molecule has 0 heterocycles. The number of anilines is 1. The van der Waals surface area contributed by atoms with Gasteiger partial charge in [-0.15, -0.1) is 0 Å². The fourth-order valence-electron chi connectivity index (χ4n) is 5.29. The molecule has 0 fully saturated rings. The molecule has 2 heteroatoms. The van der Waals surface area contributed by atoms with Gasteiger partial charge in [-0.3, -0.25) is 4.79 Å². The average molecular weight is 367 g/mol. The second-order valence-corrected chi connectivity index (χ2v) is 8.37. The van der Waals surface area contributed by atoms with Gasteiger partial charge in [0.15, 0.2) is 0 Å². The van der Waals surface area contributed by atoms with Crippen molar-refractivity contribution in [1.82, 2.24) is 0 Å². The van der Waals surface area contributed by atoms with Crippen LogP contribution in [0.1, 0.15) is 59.9 Å². The highest BCUT2D eigenvalue weighted by atomic mass is 16.2. The number of amides is 1. The normalized spacial score (nSPS) is 24.4. The summed E-state index contributed by atoms with van der Waals surface area (Å²) in [4.78, 5) is 13.5. The van der Waals surface area contributed by atoms with Crippen LogP contribution in [0.25, 0.3) is 0 Å². The number of rotatable bonds is 3. The Morgan fingerprint density at radius 2 is 1.43 bits per heavy atom. The molecule has 1 atom stereocenters. The molecule has 3 aliphatic rings. The monoisotopic (exact) mass is 367 g/mol. The first kappa shape index (κ1) is 17.2. The van der Waals surface area contributed by atoms with E-state index in [2.05, 4.69) is 79.8 Å². The maximum atomic E-state index is 13.5. The Balaban J connectivity index is 1.56. The van der Waals surface area contributed by atoms with Gasteiger partial charge in [-0.05, 0) is 59.7 Å². The molecule has 3 aromatic rings. The maximum Gasteiger partial charge on any atom is 0.231 e. The van der Waals surface area contributed by atoms with Gasteiger partial charge in [-0.2, -0.15) is 0 Å². The van der Waals surface area contributed by atoms with E-state index in [0.717, 1.165) is 18.5 Å². The molecule has 0 saturated heterocycles. The molecular formula is C26H25NO. The highest BCUT2D eigenvalue weighted by molar-refractivity contribution is 5.97. The third-order valence-corrected chi connectivity index (χ3v) is 6.77. The van der Waals surface area contributed by atoms with E-state index < -0.39 is 5.41 Å². The van der Waals surface area contributed by atoms with Crippen LogP contribution in [0.2, 0.25) is 0 Å². The maximum absolute atomic E-state index is 13.5. The van der Waals surface area contributed by atoms with Crippen molar-refractivity contribution in [1.29, 1.82) is 0 Å². The molecule has 0 spiro atoms. The van der Waals surface area contributed by atoms with E-state index in [-0.39, 0.29) is 17.7 Å². The molecular weight excluding hydrogens is 342 g/mol. The Kier molecular flexibility index (Phi) is 3.90. The van der Waals surface area contributed by atoms with Gasteiger partial charge in [0.05, 0.1) is 5.41 Å². The van der Waals surface area contributed by atoms with Crippen molar-refractivity contribution >= 4 is 11.6 Å². The zero-order valence-electron chi connectivity index (χ0n) is 16.4. The lowest BCUT2D eigenvalue weighted by atomic mass is 9.52. The summed E-state index contributed by atoms with van der Waals surface area (Å²) in [6.07, 6.45) is 1.85. The van der Waals surface area contributed by atoms with Crippen molar-refractivity contribution in [2.45, 2.75) is 38.5 Å². The minimum absolute atomic E-state index is 0.0971. The van der Waals surface area contributed by atoms with Crippen LogP contribution in [0.3, 0.4) is 0 Å². The van der Waals surface area contributed by atoms with Crippen LogP contribution in [0.5, 0.6) is 0 Å². The van der Waals surface area contributed by atoms with Gasteiger partial charge in [0, 0.05) is 17.5 Å². The van der Waals surface area contributed by atoms with E-state index in [1.165, 1.54) is 27.8 Å². The molecule has 0 unspecified atom stereocenters. The van der Waals surface area contributed by atoms with Crippen molar-refractivity contribution in [2.75, 3.05) is 5.32 Å². The predicted octanol–water partition coefficient (Wildman–Crippen LogP) is 5.87. The van der Waals surface area contributed by atoms with E-state index >= 15 is 0 Å². The summed E-state index contributed by atoms with van der Waals surface area (Å²) in [5.41, 5.74) is 7.12. The highest BCUT2D eigenvalue weighted by Gasteiger charge is 2.53. The number of hydrogen-bond acceptors (Lipinski definition) is 1. The minimum Gasteiger partial charge on any atom is -0.326 e. The van der Waals surface area contributed by atoms with Gasteiger partial charge in [0.25, 0.3) is 0 Å². The molecule has 0 aliphatic heterocycles. The van der Waals surface area contributed by atoms with Crippen molar-refractivity contribution in [2.24, 2.45) is 5.41 Å². The smallest absolute Gasteiger partial charge is 0.231 e. The lowest BCUT2D eigenvalue weighted by Crippen LogP contribution is -2.47. The van der Waals surface area contributed by atoms with Crippen LogP contribution in [0.4, 0.5) is 5.69 Å². The van der Waals surface area contributed by atoms with E-state index in [4.69, 9.17) is 0 Å². The summed E-state index contributed by atoms with van der Waals surface area (Å²) in [7, 11) is 0. The van der Waals surface area contributed by atoms with Crippen LogP contribution in [-0.2, 0) is 11.2 Å². The molecule has 0 aromatic heterocycles. The summed E-state index contributed by atoms with van der Waals surface area (Å²) in [5, 5.41) is 3.21. The largest absolute Gasteiger partial charge is 0.326 e. The van der Waals surface area contributed by atoms with Crippen LogP contribution >= 0.6 is 0 Å². The molecule has 1 amide bonds. The highest BCUT2D eigenvalue weighted by Crippen LogP contribution is 2.61. The quantitative estimate of drug-likeness (QED) is 0.616. The predicted molar refractivity (Wildman–Crippen MR) is 114 cm³/mol. The van der Waals surface area contributed by atoms with Gasteiger partial charge in [0.1, 0.15) is 0 Å². The Hall–Kier alpha value is -2.87. The summed E-state index contributed by atoms with van der Waals surface area (Å²) in [5.74, 6) is 0.506. The van der Waals surface area contributed by atoms with Gasteiger partial charge in [-0.1, -0.05) is 67.6 Å². The van der Waals surface area contributed by atoms with Gasteiger partial charge in [-0.25, -0.2) is 0 Å². The van der Waals surface area contributed by atoms with Gasteiger partial charge < -0.3 is 5.32 Å². The lowest BCUT2D eigenvalue weighted by molar-refractivity contribution is -0.126. The van der Waals surface area contributed by atoms with Crippen LogP contribution in [0.15, 0.2) is 72.8 Å².